The fourth-order valence-electron chi connectivity index (χ4n) is 2.16. The molecule has 1 N–H and O–H groups in total. The van der Waals surface area contributed by atoms with Gasteiger partial charge in [-0.15, -0.1) is 0 Å². The lowest BCUT2D eigenvalue weighted by Gasteiger charge is -2.27. The van der Waals surface area contributed by atoms with E-state index < -0.39 is 0 Å². The van der Waals surface area contributed by atoms with E-state index >= 15 is 0 Å². The molecule has 1 rings (SSSR count). The molecule has 0 spiro atoms. The van der Waals surface area contributed by atoms with Gasteiger partial charge in [0, 0.05) is 18.8 Å². The van der Waals surface area contributed by atoms with Crippen molar-refractivity contribution in [2.24, 2.45) is 0 Å². The Morgan fingerprint density at radius 1 is 1.11 bits per heavy atom. The number of aryl methyl sites for hydroxylation is 2. The molecular formula is C16H26N2. The number of para-hydroxylation sites is 1. The van der Waals surface area contributed by atoms with Crippen molar-refractivity contribution in [3.63, 3.8) is 0 Å². The standard InChI is InChI=1S/C16H26N2/c1-6-11-18(12-7-2)15(5)17-16-13(3)9-8-10-14(16)4/h8-10,17H,5-7,11-12H2,1-4H3. The van der Waals surface area contributed by atoms with E-state index in [9.17, 15) is 0 Å². The van der Waals surface area contributed by atoms with Gasteiger partial charge in [0.2, 0.25) is 0 Å². The van der Waals surface area contributed by atoms with Crippen molar-refractivity contribution in [2.75, 3.05) is 18.4 Å². The summed E-state index contributed by atoms with van der Waals surface area (Å²) in [4.78, 5) is 2.33. The molecule has 0 saturated carbocycles. The molecule has 1 aromatic carbocycles. The molecule has 0 radical (unpaired) electrons. The van der Waals surface area contributed by atoms with Crippen molar-refractivity contribution in [1.29, 1.82) is 0 Å². The molecule has 0 unspecified atom stereocenters. The predicted molar refractivity (Wildman–Crippen MR) is 80.8 cm³/mol. The lowest BCUT2D eigenvalue weighted by atomic mass is 10.1. The number of anilines is 1. The summed E-state index contributed by atoms with van der Waals surface area (Å²) in [6.07, 6.45) is 2.29. The van der Waals surface area contributed by atoms with Crippen molar-refractivity contribution < 1.29 is 0 Å². The van der Waals surface area contributed by atoms with Crippen molar-refractivity contribution >= 4 is 5.69 Å². The Bertz CT molecular complexity index is 370. The number of hydrogen-bond donors (Lipinski definition) is 1. The first-order valence-electron chi connectivity index (χ1n) is 6.87. The van der Waals surface area contributed by atoms with Gasteiger partial charge in [0.1, 0.15) is 0 Å². The van der Waals surface area contributed by atoms with Gasteiger partial charge in [0.05, 0.1) is 5.82 Å². The van der Waals surface area contributed by atoms with E-state index in [0.717, 1.165) is 31.8 Å². The van der Waals surface area contributed by atoms with E-state index in [2.05, 4.69) is 62.7 Å². The molecule has 0 bridgehead atoms. The molecule has 0 fully saturated rings. The second-order valence-electron chi connectivity index (χ2n) is 4.83. The highest BCUT2D eigenvalue weighted by atomic mass is 15.2. The van der Waals surface area contributed by atoms with Gasteiger partial charge in [-0.25, -0.2) is 0 Å². The summed E-state index contributed by atoms with van der Waals surface area (Å²) in [5, 5.41) is 3.48. The first-order chi connectivity index (χ1) is 8.60. The molecule has 0 heterocycles. The van der Waals surface area contributed by atoms with E-state index in [1.54, 1.807) is 0 Å². The lowest BCUT2D eigenvalue weighted by molar-refractivity contribution is 0.349. The zero-order valence-corrected chi connectivity index (χ0v) is 12.2. The van der Waals surface area contributed by atoms with Crippen LogP contribution in [0.15, 0.2) is 30.6 Å². The summed E-state index contributed by atoms with van der Waals surface area (Å²) in [6.45, 7) is 15.0. The van der Waals surface area contributed by atoms with E-state index in [4.69, 9.17) is 0 Å². The Hall–Kier alpha value is -1.44. The maximum atomic E-state index is 4.18. The van der Waals surface area contributed by atoms with Crippen LogP contribution in [-0.4, -0.2) is 18.0 Å². The Kier molecular flexibility index (Phi) is 5.76. The van der Waals surface area contributed by atoms with Gasteiger partial charge >= 0.3 is 0 Å². The Morgan fingerprint density at radius 3 is 2.06 bits per heavy atom. The first-order valence-corrected chi connectivity index (χ1v) is 6.87. The third-order valence-corrected chi connectivity index (χ3v) is 3.12. The zero-order chi connectivity index (χ0) is 13.5. The minimum absolute atomic E-state index is 1.01. The minimum atomic E-state index is 1.01. The second-order valence-corrected chi connectivity index (χ2v) is 4.83. The smallest absolute Gasteiger partial charge is 0.0983 e. The van der Waals surface area contributed by atoms with Crippen LogP contribution in [0.4, 0.5) is 5.69 Å². The molecule has 0 aliphatic carbocycles. The first kappa shape index (κ1) is 14.6. The largest absolute Gasteiger partial charge is 0.359 e. The maximum Gasteiger partial charge on any atom is 0.0983 e. The van der Waals surface area contributed by atoms with Crippen molar-refractivity contribution in [2.45, 2.75) is 40.5 Å². The summed E-state index contributed by atoms with van der Waals surface area (Å²) in [6, 6.07) is 6.35. The fourth-order valence-corrected chi connectivity index (χ4v) is 2.16. The van der Waals surface area contributed by atoms with Gasteiger partial charge in [0.15, 0.2) is 0 Å². The van der Waals surface area contributed by atoms with Crippen LogP contribution >= 0.6 is 0 Å². The molecule has 1 aromatic rings. The van der Waals surface area contributed by atoms with Crippen LogP contribution in [0, 0.1) is 13.8 Å². The lowest BCUT2D eigenvalue weighted by Crippen LogP contribution is -2.28. The van der Waals surface area contributed by atoms with Crippen LogP contribution < -0.4 is 5.32 Å². The molecule has 100 valence electrons. The van der Waals surface area contributed by atoms with Gasteiger partial charge in [-0.3, -0.25) is 0 Å². The highest BCUT2D eigenvalue weighted by Gasteiger charge is 2.08. The summed E-state index contributed by atoms with van der Waals surface area (Å²) in [7, 11) is 0. The summed E-state index contributed by atoms with van der Waals surface area (Å²) >= 11 is 0. The maximum absolute atomic E-state index is 4.18. The Balaban J connectivity index is 2.79. The summed E-state index contributed by atoms with van der Waals surface area (Å²) in [5.41, 5.74) is 3.73. The summed E-state index contributed by atoms with van der Waals surface area (Å²) < 4.78 is 0. The SMILES string of the molecule is C=C(Nc1c(C)cccc1C)N(CCC)CCC. The monoisotopic (exact) mass is 246 g/mol. The number of nitrogens with one attached hydrogen (secondary N) is 1. The quantitative estimate of drug-likeness (QED) is 0.771. The number of benzene rings is 1. The molecule has 2 nitrogen and oxygen atoms in total. The van der Waals surface area contributed by atoms with Gasteiger partial charge < -0.3 is 10.2 Å². The molecule has 0 aromatic heterocycles. The van der Waals surface area contributed by atoms with Crippen LogP contribution in [0.5, 0.6) is 0 Å². The topological polar surface area (TPSA) is 15.3 Å². The molecule has 2 heteroatoms. The normalized spacial score (nSPS) is 10.2. The van der Waals surface area contributed by atoms with E-state index in [-0.39, 0.29) is 0 Å². The van der Waals surface area contributed by atoms with Crippen molar-refractivity contribution in [3.05, 3.63) is 41.7 Å². The number of rotatable bonds is 7. The Morgan fingerprint density at radius 2 is 1.61 bits per heavy atom. The highest BCUT2D eigenvalue weighted by molar-refractivity contribution is 5.59. The van der Waals surface area contributed by atoms with Crippen molar-refractivity contribution in [1.82, 2.24) is 4.90 Å². The molecule has 18 heavy (non-hydrogen) atoms. The molecule has 0 aliphatic heterocycles. The van der Waals surface area contributed by atoms with Crippen LogP contribution in [0.2, 0.25) is 0 Å². The average molecular weight is 246 g/mol. The second kappa shape index (κ2) is 7.10. The third-order valence-electron chi connectivity index (χ3n) is 3.12. The third kappa shape index (κ3) is 3.80. The predicted octanol–water partition coefficient (Wildman–Crippen LogP) is 4.31. The fraction of sp³-hybridized carbons (Fsp3) is 0.500. The molecule has 0 aliphatic rings. The molecule has 0 amide bonds. The zero-order valence-electron chi connectivity index (χ0n) is 12.2. The molecular weight excluding hydrogens is 220 g/mol. The van der Waals surface area contributed by atoms with Gasteiger partial charge in [-0.2, -0.15) is 0 Å². The highest BCUT2D eigenvalue weighted by Crippen LogP contribution is 2.21. The average Bonchev–Trinajstić information content (AvgIpc) is 2.33. The van der Waals surface area contributed by atoms with Gasteiger partial charge in [-0.1, -0.05) is 38.6 Å². The number of hydrogen-bond acceptors (Lipinski definition) is 2. The molecule has 0 atom stereocenters. The van der Waals surface area contributed by atoms with Crippen LogP contribution in [-0.2, 0) is 0 Å². The van der Waals surface area contributed by atoms with E-state index in [1.165, 1.54) is 16.8 Å². The van der Waals surface area contributed by atoms with Crippen LogP contribution in [0.3, 0.4) is 0 Å². The van der Waals surface area contributed by atoms with Crippen LogP contribution in [0.25, 0.3) is 0 Å². The van der Waals surface area contributed by atoms with E-state index in [1.807, 2.05) is 0 Å². The van der Waals surface area contributed by atoms with Crippen LogP contribution in [0.1, 0.15) is 37.8 Å². The van der Waals surface area contributed by atoms with E-state index in [0.29, 0.717) is 0 Å². The Labute approximate surface area is 112 Å². The summed E-state index contributed by atoms with van der Waals surface area (Å²) in [5.74, 6) is 1.01. The molecule has 0 saturated heterocycles. The van der Waals surface area contributed by atoms with Crippen molar-refractivity contribution in [3.8, 4) is 0 Å². The number of nitrogens with zero attached hydrogens (tertiary/aromatic N) is 1. The van der Waals surface area contributed by atoms with Gasteiger partial charge in [-0.05, 0) is 37.8 Å². The minimum Gasteiger partial charge on any atom is -0.359 e. The van der Waals surface area contributed by atoms with Gasteiger partial charge in [0.25, 0.3) is 0 Å².